The standard InChI is InChI=1S/C15H12N2O2/c18-15(17-12-5-7-16-8-6-12)9-11-10-19-14-4-2-1-3-13(11)14/h1-8,10H,9H2,(H,16,17,18). The summed E-state index contributed by atoms with van der Waals surface area (Å²) in [5, 5.41) is 3.80. The number of para-hydroxylation sites is 1. The molecule has 0 spiro atoms. The minimum Gasteiger partial charge on any atom is -0.464 e. The van der Waals surface area contributed by atoms with Crippen LogP contribution in [0.5, 0.6) is 0 Å². The van der Waals surface area contributed by atoms with Crippen LogP contribution in [0.25, 0.3) is 11.0 Å². The molecule has 0 aliphatic carbocycles. The maximum absolute atomic E-state index is 12.0. The Morgan fingerprint density at radius 1 is 1.16 bits per heavy atom. The van der Waals surface area contributed by atoms with Crippen LogP contribution < -0.4 is 5.32 Å². The van der Waals surface area contributed by atoms with Crippen molar-refractivity contribution in [3.63, 3.8) is 0 Å². The van der Waals surface area contributed by atoms with Crippen LogP contribution >= 0.6 is 0 Å². The molecule has 19 heavy (non-hydrogen) atoms. The van der Waals surface area contributed by atoms with Crippen molar-refractivity contribution in [2.75, 3.05) is 5.32 Å². The van der Waals surface area contributed by atoms with Gasteiger partial charge in [-0.2, -0.15) is 0 Å². The van der Waals surface area contributed by atoms with Gasteiger partial charge in [0.1, 0.15) is 5.58 Å². The molecule has 1 amide bonds. The van der Waals surface area contributed by atoms with Gasteiger partial charge in [0, 0.05) is 29.0 Å². The fourth-order valence-corrected chi connectivity index (χ4v) is 1.98. The predicted octanol–water partition coefficient (Wildman–Crippen LogP) is 3.01. The van der Waals surface area contributed by atoms with Crippen molar-refractivity contribution in [2.24, 2.45) is 0 Å². The molecule has 4 heteroatoms. The van der Waals surface area contributed by atoms with Crippen molar-refractivity contribution in [3.05, 3.63) is 60.6 Å². The smallest absolute Gasteiger partial charge is 0.228 e. The van der Waals surface area contributed by atoms with Crippen molar-refractivity contribution in [3.8, 4) is 0 Å². The lowest BCUT2D eigenvalue weighted by molar-refractivity contribution is -0.115. The summed E-state index contributed by atoms with van der Waals surface area (Å²) in [7, 11) is 0. The van der Waals surface area contributed by atoms with Crippen LogP contribution in [0, 0.1) is 0 Å². The third-order valence-corrected chi connectivity index (χ3v) is 2.88. The second kappa shape index (κ2) is 4.94. The van der Waals surface area contributed by atoms with E-state index < -0.39 is 0 Å². The second-order valence-electron chi connectivity index (χ2n) is 4.22. The van der Waals surface area contributed by atoms with Crippen LogP contribution in [-0.4, -0.2) is 10.9 Å². The molecule has 0 aliphatic heterocycles. The second-order valence-corrected chi connectivity index (χ2v) is 4.22. The molecular formula is C15H12N2O2. The molecule has 0 bridgehead atoms. The number of aromatic nitrogens is 1. The van der Waals surface area contributed by atoms with E-state index in [1.807, 2.05) is 24.3 Å². The highest BCUT2D eigenvalue weighted by Crippen LogP contribution is 2.21. The summed E-state index contributed by atoms with van der Waals surface area (Å²) in [5.74, 6) is -0.0715. The van der Waals surface area contributed by atoms with Gasteiger partial charge in [-0.1, -0.05) is 18.2 Å². The van der Waals surface area contributed by atoms with Crippen LogP contribution in [0.4, 0.5) is 5.69 Å². The van der Waals surface area contributed by atoms with E-state index >= 15 is 0 Å². The highest BCUT2D eigenvalue weighted by atomic mass is 16.3. The van der Waals surface area contributed by atoms with E-state index in [1.165, 1.54) is 0 Å². The van der Waals surface area contributed by atoms with Gasteiger partial charge in [0.15, 0.2) is 0 Å². The number of nitrogens with one attached hydrogen (secondary N) is 1. The fourth-order valence-electron chi connectivity index (χ4n) is 1.98. The summed E-state index contributed by atoms with van der Waals surface area (Å²) in [6.45, 7) is 0. The largest absolute Gasteiger partial charge is 0.464 e. The van der Waals surface area contributed by atoms with Crippen LogP contribution in [0.1, 0.15) is 5.56 Å². The number of fused-ring (bicyclic) bond motifs is 1. The van der Waals surface area contributed by atoms with Gasteiger partial charge in [-0.3, -0.25) is 9.78 Å². The van der Waals surface area contributed by atoms with Gasteiger partial charge in [0.25, 0.3) is 0 Å². The monoisotopic (exact) mass is 252 g/mol. The average Bonchev–Trinajstić information content (AvgIpc) is 2.83. The number of rotatable bonds is 3. The van der Waals surface area contributed by atoms with Gasteiger partial charge < -0.3 is 9.73 Å². The van der Waals surface area contributed by atoms with Gasteiger partial charge in [-0.15, -0.1) is 0 Å². The number of anilines is 1. The van der Waals surface area contributed by atoms with Crippen LogP contribution in [-0.2, 0) is 11.2 Å². The van der Waals surface area contributed by atoms with E-state index in [9.17, 15) is 4.79 Å². The van der Waals surface area contributed by atoms with Crippen LogP contribution in [0.2, 0.25) is 0 Å². The molecule has 2 aromatic heterocycles. The Bertz CT molecular complexity index is 704. The molecule has 3 rings (SSSR count). The molecular weight excluding hydrogens is 240 g/mol. The predicted molar refractivity (Wildman–Crippen MR) is 72.8 cm³/mol. The highest BCUT2D eigenvalue weighted by molar-refractivity contribution is 5.95. The number of furan rings is 1. The quantitative estimate of drug-likeness (QED) is 0.779. The molecule has 1 aromatic carbocycles. The molecule has 1 N–H and O–H groups in total. The number of nitrogens with zero attached hydrogens (tertiary/aromatic N) is 1. The third-order valence-electron chi connectivity index (χ3n) is 2.88. The molecule has 0 saturated carbocycles. The summed E-state index contributed by atoms with van der Waals surface area (Å²) in [6.07, 6.45) is 5.21. The lowest BCUT2D eigenvalue weighted by Gasteiger charge is -2.03. The maximum atomic E-state index is 12.0. The van der Waals surface area contributed by atoms with Gasteiger partial charge in [-0.25, -0.2) is 0 Å². The number of hydrogen-bond acceptors (Lipinski definition) is 3. The number of pyridine rings is 1. The molecule has 2 heterocycles. The SMILES string of the molecule is O=C(Cc1coc2ccccc12)Nc1ccncc1. The first kappa shape index (κ1) is 11.5. The molecule has 0 saturated heterocycles. The zero-order valence-electron chi connectivity index (χ0n) is 10.2. The Kier molecular flexibility index (Phi) is 2.98. The van der Waals surface area contributed by atoms with Gasteiger partial charge >= 0.3 is 0 Å². The molecule has 0 unspecified atom stereocenters. The summed E-state index contributed by atoms with van der Waals surface area (Å²) in [4.78, 5) is 15.9. The summed E-state index contributed by atoms with van der Waals surface area (Å²) < 4.78 is 5.41. The van der Waals surface area contributed by atoms with Crippen molar-refractivity contribution < 1.29 is 9.21 Å². The lowest BCUT2D eigenvalue weighted by Crippen LogP contribution is -2.14. The number of carbonyl (C=O) groups excluding carboxylic acids is 1. The van der Waals surface area contributed by atoms with Gasteiger partial charge in [0.2, 0.25) is 5.91 Å². The molecule has 0 aliphatic rings. The Morgan fingerprint density at radius 2 is 1.95 bits per heavy atom. The van der Waals surface area contributed by atoms with E-state index in [2.05, 4.69) is 10.3 Å². The maximum Gasteiger partial charge on any atom is 0.228 e. The molecule has 0 radical (unpaired) electrons. The molecule has 94 valence electrons. The van der Waals surface area contributed by atoms with Crippen LogP contribution in [0.3, 0.4) is 0 Å². The zero-order valence-corrected chi connectivity index (χ0v) is 10.2. The third kappa shape index (κ3) is 2.47. The van der Waals surface area contributed by atoms with E-state index in [-0.39, 0.29) is 5.91 Å². The summed E-state index contributed by atoms with van der Waals surface area (Å²) in [6, 6.07) is 11.2. The first-order chi connectivity index (χ1) is 9.33. The Hall–Kier alpha value is -2.62. The molecule has 4 nitrogen and oxygen atoms in total. The molecule has 0 fully saturated rings. The number of benzene rings is 1. The Morgan fingerprint density at radius 3 is 2.79 bits per heavy atom. The minimum atomic E-state index is -0.0715. The Balaban J connectivity index is 1.76. The average molecular weight is 252 g/mol. The molecule has 3 aromatic rings. The van der Waals surface area contributed by atoms with Crippen molar-refractivity contribution in [2.45, 2.75) is 6.42 Å². The van der Waals surface area contributed by atoms with Crippen molar-refractivity contribution in [1.82, 2.24) is 4.98 Å². The first-order valence-corrected chi connectivity index (χ1v) is 5.98. The first-order valence-electron chi connectivity index (χ1n) is 5.98. The topological polar surface area (TPSA) is 55.1 Å². The summed E-state index contributed by atoms with van der Waals surface area (Å²) >= 11 is 0. The van der Waals surface area contributed by atoms with Gasteiger partial charge in [0.05, 0.1) is 12.7 Å². The van der Waals surface area contributed by atoms with E-state index in [0.717, 1.165) is 22.2 Å². The van der Waals surface area contributed by atoms with Crippen molar-refractivity contribution in [1.29, 1.82) is 0 Å². The minimum absolute atomic E-state index is 0.0715. The van der Waals surface area contributed by atoms with E-state index in [4.69, 9.17) is 4.42 Å². The van der Waals surface area contributed by atoms with Crippen molar-refractivity contribution >= 4 is 22.6 Å². The lowest BCUT2D eigenvalue weighted by atomic mass is 10.1. The fraction of sp³-hybridized carbons (Fsp3) is 0.0667. The number of amides is 1. The van der Waals surface area contributed by atoms with Crippen LogP contribution in [0.15, 0.2) is 59.5 Å². The van der Waals surface area contributed by atoms with E-state index in [0.29, 0.717) is 6.42 Å². The number of carbonyl (C=O) groups is 1. The zero-order chi connectivity index (χ0) is 13.1. The molecule has 0 atom stereocenters. The Labute approximate surface area is 110 Å². The normalized spacial score (nSPS) is 10.5. The summed E-state index contributed by atoms with van der Waals surface area (Å²) in [5.41, 5.74) is 2.43. The van der Waals surface area contributed by atoms with E-state index in [1.54, 1.807) is 30.8 Å². The van der Waals surface area contributed by atoms with Gasteiger partial charge in [-0.05, 0) is 18.2 Å². The highest BCUT2D eigenvalue weighted by Gasteiger charge is 2.09. The number of hydrogen-bond donors (Lipinski definition) is 1.